The second kappa shape index (κ2) is 4.24. The molecule has 1 fully saturated rings. The molecule has 1 saturated heterocycles. The number of methoxy groups -OCH3 is 1. The molecule has 3 atom stereocenters. The van der Waals surface area contributed by atoms with Crippen molar-refractivity contribution < 1.29 is 14.2 Å². The number of hydrogen-bond donors (Lipinski definition) is 0. The molecule has 4 heteroatoms. The van der Waals surface area contributed by atoms with E-state index < -0.39 is 0 Å². The van der Waals surface area contributed by atoms with Crippen molar-refractivity contribution in [2.24, 2.45) is 5.92 Å². The van der Waals surface area contributed by atoms with E-state index >= 15 is 0 Å². The summed E-state index contributed by atoms with van der Waals surface area (Å²) in [6, 6.07) is 4.91. The van der Waals surface area contributed by atoms with Crippen LogP contribution in [-0.2, 0) is 11.3 Å². The molecule has 0 amide bonds. The summed E-state index contributed by atoms with van der Waals surface area (Å²) in [6.45, 7) is 2.56. The zero-order valence-corrected chi connectivity index (χ0v) is 12.2. The van der Waals surface area contributed by atoms with Crippen molar-refractivity contribution in [3.63, 3.8) is 0 Å². The monoisotopic (exact) mass is 285 g/mol. The lowest BCUT2D eigenvalue weighted by Gasteiger charge is -2.40. The molecule has 4 aliphatic rings. The number of hydrogen-bond acceptors (Lipinski definition) is 4. The summed E-state index contributed by atoms with van der Waals surface area (Å²) in [5.74, 6) is 2.51. The van der Waals surface area contributed by atoms with Crippen LogP contribution in [0.25, 0.3) is 5.57 Å². The molecule has 0 unspecified atom stereocenters. The third-order valence-electron chi connectivity index (χ3n) is 5.43. The van der Waals surface area contributed by atoms with Gasteiger partial charge < -0.3 is 14.2 Å². The summed E-state index contributed by atoms with van der Waals surface area (Å²) in [5.41, 5.74) is 4.14. The molecule has 0 radical (unpaired) electrons. The maximum Gasteiger partial charge on any atom is 0.231 e. The Labute approximate surface area is 124 Å². The first-order valence-corrected chi connectivity index (χ1v) is 7.75. The zero-order chi connectivity index (χ0) is 14.0. The molecule has 3 aliphatic heterocycles. The summed E-state index contributed by atoms with van der Waals surface area (Å²) in [7, 11) is 1.82. The van der Waals surface area contributed by atoms with Crippen LogP contribution < -0.4 is 9.47 Å². The largest absolute Gasteiger partial charge is 0.454 e. The molecule has 0 N–H and O–H groups in total. The van der Waals surface area contributed by atoms with Crippen molar-refractivity contribution in [1.29, 1.82) is 0 Å². The van der Waals surface area contributed by atoms with Gasteiger partial charge in [-0.2, -0.15) is 0 Å². The van der Waals surface area contributed by atoms with Gasteiger partial charge in [-0.1, -0.05) is 6.08 Å². The molecule has 0 spiro atoms. The molecular formula is C17H19NO3. The maximum atomic E-state index is 5.65. The summed E-state index contributed by atoms with van der Waals surface area (Å²) in [5, 5.41) is 0. The van der Waals surface area contributed by atoms with E-state index in [0.29, 0.717) is 12.8 Å². The number of nitrogens with zero attached hydrogens (tertiary/aromatic N) is 1. The van der Waals surface area contributed by atoms with Crippen molar-refractivity contribution >= 4 is 5.57 Å². The van der Waals surface area contributed by atoms with Gasteiger partial charge in [0, 0.05) is 19.7 Å². The fourth-order valence-corrected chi connectivity index (χ4v) is 4.48. The highest BCUT2D eigenvalue weighted by molar-refractivity contribution is 5.77. The highest BCUT2D eigenvalue weighted by Gasteiger charge is 2.44. The van der Waals surface area contributed by atoms with Crippen LogP contribution in [0.4, 0.5) is 0 Å². The van der Waals surface area contributed by atoms with Gasteiger partial charge in [0.15, 0.2) is 11.5 Å². The maximum absolute atomic E-state index is 5.65. The second-order valence-corrected chi connectivity index (χ2v) is 6.46. The highest BCUT2D eigenvalue weighted by atomic mass is 16.7. The molecule has 3 heterocycles. The summed E-state index contributed by atoms with van der Waals surface area (Å²) < 4.78 is 16.8. The summed E-state index contributed by atoms with van der Waals surface area (Å²) in [6.07, 6.45) is 5.01. The van der Waals surface area contributed by atoms with E-state index in [1.54, 1.807) is 0 Å². The zero-order valence-electron chi connectivity index (χ0n) is 12.2. The number of rotatable bonds is 1. The third kappa shape index (κ3) is 1.63. The van der Waals surface area contributed by atoms with Crippen molar-refractivity contribution in [2.75, 3.05) is 20.4 Å². The van der Waals surface area contributed by atoms with Crippen molar-refractivity contribution in [3.05, 3.63) is 29.3 Å². The molecule has 0 aromatic heterocycles. The van der Waals surface area contributed by atoms with Crippen molar-refractivity contribution in [2.45, 2.75) is 31.5 Å². The van der Waals surface area contributed by atoms with Gasteiger partial charge in [0.2, 0.25) is 6.79 Å². The molecule has 110 valence electrons. The van der Waals surface area contributed by atoms with Crippen molar-refractivity contribution in [1.82, 2.24) is 4.90 Å². The Morgan fingerprint density at radius 2 is 2.10 bits per heavy atom. The molecule has 21 heavy (non-hydrogen) atoms. The number of benzene rings is 1. The first-order valence-electron chi connectivity index (χ1n) is 7.75. The number of fused-ring (bicyclic) bond motifs is 3. The van der Waals surface area contributed by atoms with Gasteiger partial charge in [-0.05, 0) is 54.1 Å². The van der Waals surface area contributed by atoms with Gasteiger partial charge in [0.05, 0.1) is 6.10 Å². The topological polar surface area (TPSA) is 30.9 Å². The molecule has 1 aromatic rings. The molecule has 1 aromatic carbocycles. The van der Waals surface area contributed by atoms with E-state index in [1.807, 2.05) is 7.11 Å². The minimum Gasteiger partial charge on any atom is -0.454 e. The minimum absolute atomic E-state index is 0.248. The lowest BCUT2D eigenvalue weighted by Crippen LogP contribution is -2.41. The predicted molar refractivity (Wildman–Crippen MR) is 78.3 cm³/mol. The average Bonchev–Trinajstić information content (AvgIpc) is 3.12. The van der Waals surface area contributed by atoms with Crippen LogP contribution in [0.15, 0.2) is 18.2 Å². The molecule has 4 nitrogen and oxygen atoms in total. The van der Waals surface area contributed by atoms with Crippen LogP contribution in [0.2, 0.25) is 0 Å². The van der Waals surface area contributed by atoms with E-state index in [-0.39, 0.29) is 6.10 Å². The fraction of sp³-hybridized carbons (Fsp3) is 0.529. The molecule has 1 aliphatic carbocycles. The minimum atomic E-state index is 0.248. The Morgan fingerprint density at radius 1 is 1.24 bits per heavy atom. The van der Waals surface area contributed by atoms with Crippen LogP contribution in [0, 0.1) is 5.92 Å². The summed E-state index contributed by atoms with van der Waals surface area (Å²) >= 11 is 0. The van der Waals surface area contributed by atoms with Gasteiger partial charge in [0.25, 0.3) is 0 Å². The standard InChI is InChI=1S/C17H19NO3/c1-19-12-4-10-2-3-18-8-11-5-15-16(21-9-20-15)7-13(11)14(6-12)17(10)18/h5-7,10,12,17H,2-4,8-9H2,1H3/t10-,12+,17-/m1/s1. The normalized spacial score (nSPS) is 32.6. The Balaban J connectivity index is 1.68. The van der Waals surface area contributed by atoms with Gasteiger partial charge >= 0.3 is 0 Å². The third-order valence-corrected chi connectivity index (χ3v) is 5.43. The highest BCUT2D eigenvalue weighted by Crippen LogP contribution is 2.48. The predicted octanol–water partition coefficient (Wildman–Crippen LogP) is 2.42. The van der Waals surface area contributed by atoms with E-state index in [0.717, 1.165) is 30.4 Å². The molecule has 5 rings (SSSR count). The van der Waals surface area contributed by atoms with E-state index in [4.69, 9.17) is 14.2 Å². The lowest BCUT2D eigenvalue weighted by molar-refractivity contribution is 0.104. The smallest absolute Gasteiger partial charge is 0.231 e. The Kier molecular flexibility index (Phi) is 2.44. The van der Waals surface area contributed by atoms with E-state index in [1.165, 1.54) is 29.7 Å². The van der Waals surface area contributed by atoms with Crippen LogP contribution >= 0.6 is 0 Å². The SMILES string of the molecule is CO[C@@H]1C=C2c3cc4c(cc3CN3CC[C@H](C1)[C@H]23)OCO4. The van der Waals surface area contributed by atoms with Crippen LogP contribution in [-0.4, -0.2) is 37.5 Å². The van der Waals surface area contributed by atoms with Crippen LogP contribution in [0.3, 0.4) is 0 Å². The molecular weight excluding hydrogens is 266 g/mol. The van der Waals surface area contributed by atoms with Gasteiger partial charge in [-0.25, -0.2) is 0 Å². The molecule has 0 bridgehead atoms. The Bertz CT molecular complexity index is 639. The van der Waals surface area contributed by atoms with Gasteiger partial charge in [-0.15, -0.1) is 0 Å². The first kappa shape index (κ1) is 12.1. The van der Waals surface area contributed by atoms with Gasteiger partial charge in [-0.3, -0.25) is 4.90 Å². The number of ether oxygens (including phenoxy) is 3. The van der Waals surface area contributed by atoms with E-state index in [2.05, 4.69) is 23.1 Å². The quantitative estimate of drug-likeness (QED) is 0.793. The Hall–Kier alpha value is -1.52. The molecule has 0 saturated carbocycles. The second-order valence-electron chi connectivity index (χ2n) is 6.46. The first-order chi connectivity index (χ1) is 10.3. The fourth-order valence-electron chi connectivity index (χ4n) is 4.48. The van der Waals surface area contributed by atoms with Crippen molar-refractivity contribution in [3.8, 4) is 11.5 Å². The van der Waals surface area contributed by atoms with Crippen LogP contribution in [0.5, 0.6) is 11.5 Å². The van der Waals surface area contributed by atoms with E-state index in [9.17, 15) is 0 Å². The van der Waals surface area contributed by atoms with Crippen LogP contribution in [0.1, 0.15) is 24.0 Å². The lowest BCUT2D eigenvalue weighted by atomic mass is 9.77. The average molecular weight is 285 g/mol. The summed E-state index contributed by atoms with van der Waals surface area (Å²) in [4.78, 5) is 2.62. The van der Waals surface area contributed by atoms with Gasteiger partial charge in [0.1, 0.15) is 0 Å². The Morgan fingerprint density at radius 3 is 2.95 bits per heavy atom.